The number of hydrogen-bond donors (Lipinski definition) is 1. The summed E-state index contributed by atoms with van der Waals surface area (Å²) < 4.78 is 0. The second-order valence-corrected chi connectivity index (χ2v) is 4.29. The van der Waals surface area contributed by atoms with Gasteiger partial charge in [-0.2, -0.15) is 10.5 Å². The molecule has 0 aliphatic carbocycles. The number of nitriles is 2. The van der Waals surface area contributed by atoms with Crippen LogP contribution < -0.4 is 5.73 Å². The Hall–Kier alpha value is -2.07. The molecule has 1 aromatic heterocycles. The van der Waals surface area contributed by atoms with Crippen molar-refractivity contribution < 1.29 is 0 Å². The minimum atomic E-state index is -0.257. The summed E-state index contributed by atoms with van der Waals surface area (Å²) in [4.78, 5) is 4.12. The van der Waals surface area contributed by atoms with Crippen LogP contribution in [-0.2, 0) is 5.41 Å². The van der Waals surface area contributed by atoms with Gasteiger partial charge in [0.15, 0.2) is 0 Å². The van der Waals surface area contributed by atoms with E-state index in [1.54, 1.807) is 0 Å². The van der Waals surface area contributed by atoms with Crippen LogP contribution in [0.2, 0.25) is 0 Å². The molecule has 0 atom stereocenters. The molecule has 0 spiro atoms. The molecule has 0 bridgehead atoms. The fraction of sp³-hybridized carbons (Fsp3) is 0.364. The molecule has 0 saturated heterocycles. The molecule has 0 saturated carbocycles. The molecule has 1 aromatic rings. The average molecular weight is 200 g/mol. The number of hydrogen-bond acceptors (Lipinski definition) is 4. The van der Waals surface area contributed by atoms with E-state index in [0.717, 1.165) is 0 Å². The average Bonchev–Trinajstić information content (AvgIpc) is 2.16. The number of anilines is 1. The van der Waals surface area contributed by atoms with Crippen molar-refractivity contribution in [2.24, 2.45) is 0 Å². The largest absolute Gasteiger partial charge is 0.383 e. The molecule has 4 heteroatoms. The number of pyridine rings is 1. The summed E-state index contributed by atoms with van der Waals surface area (Å²) in [6.45, 7) is 5.84. The Morgan fingerprint density at radius 2 is 1.73 bits per heavy atom. The lowest BCUT2D eigenvalue weighted by molar-refractivity contribution is 0.568. The molecule has 0 aromatic carbocycles. The number of aromatic nitrogens is 1. The highest BCUT2D eigenvalue weighted by molar-refractivity contribution is 5.54. The molecule has 76 valence electrons. The zero-order chi connectivity index (χ0) is 11.6. The molecule has 4 nitrogen and oxygen atoms in total. The zero-order valence-electron chi connectivity index (χ0n) is 9.00. The van der Waals surface area contributed by atoms with Gasteiger partial charge in [0.05, 0.1) is 16.8 Å². The fourth-order valence-corrected chi connectivity index (χ4v) is 1.27. The molecule has 15 heavy (non-hydrogen) atoms. The van der Waals surface area contributed by atoms with Gasteiger partial charge in [-0.3, -0.25) is 0 Å². The van der Waals surface area contributed by atoms with Crippen molar-refractivity contribution in [3.63, 3.8) is 0 Å². The van der Waals surface area contributed by atoms with Gasteiger partial charge < -0.3 is 5.73 Å². The molecule has 0 amide bonds. The SMILES string of the molecule is CC(C)(C)c1nc(N)c(C#N)cc1C#N. The monoisotopic (exact) mass is 200 g/mol. The third kappa shape index (κ3) is 2.05. The first-order chi connectivity index (χ1) is 6.90. The predicted octanol–water partition coefficient (Wildman–Crippen LogP) is 1.70. The van der Waals surface area contributed by atoms with Crippen LogP contribution in [0.3, 0.4) is 0 Å². The van der Waals surface area contributed by atoms with Gasteiger partial charge in [0.2, 0.25) is 0 Å². The second kappa shape index (κ2) is 3.59. The van der Waals surface area contributed by atoms with Gasteiger partial charge in [-0.25, -0.2) is 4.98 Å². The van der Waals surface area contributed by atoms with E-state index in [9.17, 15) is 0 Å². The Labute approximate surface area is 89.0 Å². The zero-order valence-corrected chi connectivity index (χ0v) is 9.00. The quantitative estimate of drug-likeness (QED) is 0.690. The lowest BCUT2D eigenvalue weighted by Gasteiger charge is -2.19. The fourth-order valence-electron chi connectivity index (χ4n) is 1.27. The number of nitrogens with zero attached hydrogens (tertiary/aromatic N) is 3. The normalized spacial score (nSPS) is 10.5. The molecule has 0 aliphatic heterocycles. The van der Waals surface area contributed by atoms with Crippen LogP contribution in [0.25, 0.3) is 0 Å². The maximum absolute atomic E-state index is 8.95. The molecular formula is C11H12N4. The summed E-state index contributed by atoms with van der Waals surface area (Å²) in [5, 5.41) is 17.7. The Morgan fingerprint density at radius 3 is 2.13 bits per heavy atom. The van der Waals surface area contributed by atoms with Gasteiger partial charge in [-0.05, 0) is 6.07 Å². The van der Waals surface area contributed by atoms with Gasteiger partial charge in [-0.15, -0.1) is 0 Å². The summed E-state index contributed by atoms with van der Waals surface area (Å²) in [6.07, 6.45) is 0. The molecule has 0 radical (unpaired) electrons. The van der Waals surface area contributed by atoms with Crippen LogP contribution in [0.5, 0.6) is 0 Å². The van der Waals surface area contributed by atoms with Crippen LogP contribution >= 0.6 is 0 Å². The summed E-state index contributed by atoms with van der Waals surface area (Å²) >= 11 is 0. The predicted molar refractivity (Wildman–Crippen MR) is 56.8 cm³/mol. The van der Waals surface area contributed by atoms with Gasteiger partial charge in [0.1, 0.15) is 18.0 Å². The summed E-state index contributed by atoms with van der Waals surface area (Å²) in [5.41, 5.74) is 6.64. The van der Waals surface area contributed by atoms with Gasteiger partial charge >= 0.3 is 0 Å². The lowest BCUT2D eigenvalue weighted by atomic mass is 9.88. The van der Waals surface area contributed by atoms with E-state index < -0.39 is 0 Å². The topological polar surface area (TPSA) is 86.5 Å². The molecular weight excluding hydrogens is 188 g/mol. The van der Waals surface area contributed by atoms with Crippen molar-refractivity contribution in [1.82, 2.24) is 4.98 Å². The van der Waals surface area contributed by atoms with Crippen LogP contribution in [0.4, 0.5) is 5.82 Å². The third-order valence-corrected chi connectivity index (χ3v) is 2.00. The van der Waals surface area contributed by atoms with Gasteiger partial charge in [0.25, 0.3) is 0 Å². The van der Waals surface area contributed by atoms with Crippen LogP contribution in [0.1, 0.15) is 37.6 Å². The molecule has 1 rings (SSSR count). The highest BCUT2D eigenvalue weighted by Gasteiger charge is 2.21. The molecule has 2 N–H and O–H groups in total. The van der Waals surface area contributed by atoms with Gasteiger partial charge in [0, 0.05) is 5.41 Å². The van der Waals surface area contributed by atoms with Crippen molar-refractivity contribution in [3.05, 3.63) is 22.9 Å². The van der Waals surface area contributed by atoms with Crippen molar-refractivity contribution >= 4 is 5.82 Å². The summed E-state index contributed by atoms with van der Waals surface area (Å²) in [7, 11) is 0. The third-order valence-electron chi connectivity index (χ3n) is 2.00. The van der Waals surface area contributed by atoms with E-state index in [0.29, 0.717) is 11.3 Å². The van der Waals surface area contributed by atoms with Crippen molar-refractivity contribution in [1.29, 1.82) is 10.5 Å². The second-order valence-electron chi connectivity index (χ2n) is 4.29. The van der Waals surface area contributed by atoms with Crippen LogP contribution in [0.15, 0.2) is 6.07 Å². The Bertz CT molecular complexity index is 469. The first-order valence-electron chi connectivity index (χ1n) is 4.51. The Kier molecular flexibility index (Phi) is 2.63. The highest BCUT2D eigenvalue weighted by atomic mass is 14.9. The maximum Gasteiger partial charge on any atom is 0.141 e. The minimum absolute atomic E-state index is 0.182. The Balaban J connectivity index is 3.52. The van der Waals surface area contributed by atoms with Crippen molar-refractivity contribution in [2.45, 2.75) is 26.2 Å². The van der Waals surface area contributed by atoms with Crippen LogP contribution in [0, 0.1) is 22.7 Å². The van der Waals surface area contributed by atoms with E-state index in [4.69, 9.17) is 16.3 Å². The molecule has 0 unspecified atom stereocenters. The van der Waals surface area contributed by atoms with Crippen LogP contribution in [-0.4, -0.2) is 4.98 Å². The van der Waals surface area contributed by atoms with Gasteiger partial charge in [-0.1, -0.05) is 20.8 Å². The maximum atomic E-state index is 8.95. The Morgan fingerprint density at radius 1 is 1.20 bits per heavy atom. The number of nitrogens with two attached hydrogens (primary N) is 1. The standard InChI is InChI=1S/C11H12N4/c1-11(2,3)9-7(5-12)4-8(6-13)10(14)15-9/h4H,1-3H3,(H2,14,15). The van der Waals surface area contributed by atoms with E-state index in [2.05, 4.69) is 4.98 Å². The molecule has 1 heterocycles. The number of nitrogen functional groups attached to an aromatic ring is 1. The van der Waals surface area contributed by atoms with Crippen molar-refractivity contribution in [3.8, 4) is 12.1 Å². The molecule has 0 aliphatic rings. The summed E-state index contributed by atoms with van der Waals surface area (Å²) in [6, 6.07) is 5.43. The van der Waals surface area contributed by atoms with E-state index >= 15 is 0 Å². The lowest BCUT2D eigenvalue weighted by Crippen LogP contribution is -2.17. The summed E-state index contributed by atoms with van der Waals surface area (Å²) in [5.74, 6) is 0.182. The first kappa shape index (κ1) is 11.0. The number of rotatable bonds is 0. The highest BCUT2D eigenvalue weighted by Crippen LogP contribution is 2.26. The smallest absolute Gasteiger partial charge is 0.141 e. The van der Waals surface area contributed by atoms with Crippen molar-refractivity contribution in [2.75, 3.05) is 5.73 Å². The molecule has 0 fully saturated rings. The van der Waals surface area contributed by atoms with E-state index in [1.807, 2.05) is 32.9 Å². The minimum Gasteiger partial charge on any atom is -0.383 e. The first-order valence-corrected chi connectivity index (χ1v) is 4.51. The van der Waals surface area contributed by atoms with E-state index in [-0.39, 0.29) is 16.8 Å². The van der Waals surface area contributed by atoms with E-state index in [1.165, 1.54) is 6.07 Å².